The SMILES string of the molecule is O=C([O-])[C@@H]1CC(=O)N(Cc2ccc(O)cc2O)C1. The summed E-state index contributed by atoms with van der Waals surface area (Å²) in [5, 5.41) is 29.4. The Morgan fingerprint density at radius 1 is 1.44 bits per heavy atom. The fourth-order valence-corrected chi connectivity index (χ4v) is 1.97. The van der Waals surface area contributed by atoms with Crippen LogP contribution in [0.5, 0.6) is 11.5 Å². The maximum absolute atomic E-state index is 11.6. The lowest BCUT2D eigenvalue weighted by atomic mass is 10.1. The second-order valence-corrected chi connectivity index (χ2v) is 4.31. The molecular formula is C12H12NO5-. The van der Waals surface area contributed by atoms with E-state index in [-0.39, 0.29) is 36.9 Å². The highest BCUT2D eigenvalue weighted by molar-refractivity contribution is 5.85. The first-order valence-electron chi connectivity index (χ1n) is 5.47. The number of nitrogens with zero attached hydrogens (tertiary/aromatic N) is 1. The molecule has 0 aromatic heterocycles. The van der Waals surface area contributed by atoms with Crippen LogP contribution in [0.4, 0.5) is 0 Å². The molecule has 6 heteroatoms. The molecule has 1 saturated heterocycles. The minimum atomic E-state index is -1.24. The van der Waals surface area contributed by atoms with Gasteiger partial charge in [-0.1, -0.05) is 0 Å². The first kappa shape index (κ1) is 12.2. The van der Waals surface area contributed by atoms with Crippen molar-refractivity contribution in [3.63, 3.8) is 0 Å². The minimum absolute atomic E-state index is 0.0683. The van der Waals surface area contributed by atoms with Crippen molar-refractivity contribution in [1.29, 1.82) is 0 Å². The highest BCUT2D eigenvalue weighted by Gasteiger charge is 2.30. The summed E-state index contributed by atoms with van der Waals surface area (Å²) in [7, 11) is 0. The molecule has 1 aromatic carbocycles. The van der Waals surface area contributed by atoms with Crippen LogP contribution in [0.3, 0.4) is 0 Å². The summed E-state index contributed by atoms with van der Waals surface area (Å²) < 4.78 is 0. The first-order chi connectivity index (χ1) is 8.47. The van der Waals surface area contributed by atoms with E-state index in [0.29, 0.717) is 5.56 Å². The highest BCUT2D eigenvalue weighted by Crippen LogP contribution is 2.26. The first-order valence-corrected chi connectivity index (χ1v) is 5.47. The number of carbonyl (C=O) groups is 2. The maximum atomic E-state index is 11.6. The molecule has 1 atom stereocenters. The molecule has 1 aromatic rings. The number of hydrogen-bond acceptors (Lipinski definition) is 5. The number of phenolic OH excluding ortho intramolecular Hbond substituents is 2. The summed E-state index contributed by atoms with van der Waals surface area (Å²) in [5.41, 5.74) is 0.458. The van der Waals surface area contributed by atoms with Gasteiger partial charge in [-0.3, -0.25) is 4.79 Å². The molecule has 1 aliphatic rings. The average Bonchev–Trinajstić information content (AvgIpc) is 2.64. The molecule has 0 radical (unpaired) electrons. The van der Waals surface area contributed by atoms with Crippen LogP contribution in [0.15, 0.2) is 18.2 Å². The maximum Gasteiger partial charge on any atom is 0.223 e. The van der Waals surface area contributed by atoms with Crippen molar-refractivity contribution in [1.82, 2.24) is 4.90 Å². The van der Waals surface area contributed by atoms with Crippen molar-refractivity contribution in [3.05, 3.63) is 23.8 Å². The summed E-state index contributed by atoms with van der Waals surface area (Å²) in [6.07, 6.45) is -0.0683. The van der Waals surface area contributed by atoms with Crippen molar-refractivity contribution in [2.24, 2.45) is 5.92 Å². The van der Waals surface area contributed by atoms with E-state index in [1.165, 1.54) is 23.1 Å². The van der Waals surface area contributed by atoms with Gasteiger partial charge in [0.1, 0.15) is 11.5 Å². The van der Waals surface area contributed by atoms with Crippen molar-refractivity contribution in [2.45, 2.75) is 13.0 Å². The lowest BCUT2D eigenvalue weighted by Gasteiger charge is -2.17. The molecule has 6 nitrogen and oxygen atoms in total. The molecule has 96 valence electrons. The molecule has 1 aliphatic heterocycles. The van der Waals surface area contributed by atoms with Gasteiger partial charge in [-0.15, -0.1) is 0 Å². The molecule has 1 heterocycles. The molecule has 2 rings (SSSR count). The van der Waals surface area contributed by atoms with E-state index in [1.54, 1.807) is 0 Å². The van der Waals surface area contributed by atoms with Gasteiger partial charge in [0.05, 0.1) is 0 Å². The number of carbonyl (C=O) groups excluding carboxylic acids is 2. The number of aliphatic carboxylic acids is 1. The number of aromatic hydroxyl groups is 2. The minimum Gasteiger partial charge on any atom is -0.550 e. The van der Waals surface area contributed by atoms with E-state index in [9.17, 15) is 19.8 Å². The van der Waals surface area contributed by atoms with E-state index < -0.39 is 11.9 Å². The van der Waals surface area contributed by atoms with E-state index >= 15 is 0 Å². The standard InChI is InChI=1S/C12H13NO5/c14-9-2-1-7(10(15)4-9)5-13-6-8(12(17)18)3-11(13)16/h1-2,4,8,14-15H,3,5-6H2,(H,17,18)/p-1/t8-/m1/s1. The lowest BCUT2D eigenvalue weighted by molar-refractivity contribution is -0.311. The van der Waals surface area contributed by atoms with Crippen molar-refractivity contribution in [2.75, 3.05) is 6.54 Å². The summed E-state index contributed by atoms with van der Waals surface area (Å²) >= 11 is 0. The van der Waals surface area contributed by atoms with Crippen LogP contribution in [0.25, 0.3) is 0 Å². The number of rotatable bonds is 3. The third kappa shape index (κ3) is 2.37. The van der Waals surface area contributed by atoms with Crippen molar-refractivity contribution >= 4 is 11.9 Å². The zero-order valence-corrected chi connectivity index (χ0v) is 9.50. The van der Waals surface area contributed by atoms with E-state index in [4.69, 9.17) is 5.11 Å². The average molecular weight is 250 g/mol. The van der Waals surface area contributed by atoms with Crippen LogP contribution in [0, 0.1) is 5.92 Å². The fraction of sp³-hybridized carbons (Fsp3) is 0.333. The molecule has 2 N–H and O–H groups in total. The van der Waals surface area contributed by atoms with Gasteiger partial charge in [0, 0.05) is 43.0 Å². The number of amides is 1. The zero-order valence-electron chi connectivity index (χ0n) is 9.50. The highest BCUT2D eigenvalue weighted by atomic mass is 16.4. The van der Waals surface area contributed by atoms with E-state index in [1.807, 2.05) is 0 Å². The van der Waals surface area contributed by atoms with Crippen LogP contribution in [-0.2, 0) is 16.1 Å². The Labute approximate surface area is 103 Å². The number of phenols is 2. The Hall–Kier alpha value is -2.24. The summed E-state index contributed by atoms with van der Waals surface area (Å²) in [6, 6.07) is 4.06. The number of carboxylic acids is 1. The number of carboxylic acid groups (broad SMARTS) is 1. The second-order valence-electron chi connectivity index (χ2n) is 4.31. The van der Waals surface area contributed by atoms with Crippen molar-refractivity contribution in [3.8, 4) is 11.5 Å². The normalized spacial score (nSPS) is 19.2. The van der Waals surface area contributed by atoms with Gasteiger partial charge in [-0.2, -0.15) is 0 Å². The van der Waals surface area contributed by atoms with Crippen LogP contribution in [0.1, 0.15) is 12.0 Å². The lowest BCUT2D eigenvalue weighted by Crippen LogP contribution is -2.33. The van der Waals surface area contributed by atoms with Crippen LogP contribution in [0.2, 0.25) is 0 Å². The molecule has 18 heavy (non-hydrogen) atoms. The Morgan fingerprint density at radius 2 is 2.17 bits per heavy atom. The Bertz CT molecular complexity index is 499. The van der Waals surface area contributed by atoms with Gasteiger partial charge >= 0.3 is 0 Å². The fourth-order valence-electron chi connectivity index (χ4n) is 1.97. The van der Waals surface area contributed by atoms with Crippen LogP contribution < -0.4 is 5.11 Å². The zero-order chi connectivity index (χ0) is 13.3. The molecule has 0 aliphatic carbocycles. The Morgan fingerprint density at radius 3 is 2.72 bits per heavy atom. The van der Waals surface area contributed by atoms with Gasteiger partial charge in [0.25, 0.3) is 0 Å². The van der Waals surface area contributed by atoms with Gasteiger partial charge < -0.3 is 25.0 Å². The van der Waals surface area contributed by atoms with Crippen molar-refractivity contribution < 1.29 is 24.9 Å². The monoisotopic (exact) mass is 250 g/mol. The summed E-state index contributed by atoms with van der Waals surface area (Å²) in [6.45, 7) is 0.205. The number of benzene rings is 1. The molecule has 0 unspecified atom stereocenters. The van der Waals surface area contributed by atoms with Gasteiger partial charge in [0.15, 0.2) is 0 Å². The van der Waals surface area contributed by atoms with Crippen LogP contribution in [-0.4, -0.2) is 33.5 Å². The molecule has 0 bridgehead atoms. The molecule has 0 spiro atoms. The Kier molecular flexibility index (Phi) is 3.10. The third-order valence-corrected chi connectivity index (χ3v) is 2.98. The predicted molar refractivity (Wildman–Crippen MR) is 58.3 cm³/mol. The van der Waals surface area contributed by atoms with E-state index in [0.717, 1.165) is 0 Å². The molecule has 1 amide bonds. The number of hydrogen-bond donors (Lipinski definition) is 2. The summed E-state index contributed by atoms with van der Waals surface area (Å²) in [4.78, 5) is 23.6. The van der Waals surface area contributed by atoms with Gasteiger partial charge in [-0.25, -0.2) is 0 Å². The third-order valence-electron chi connectivity index (χ3n) is 2.98. The second kappa shape index (κ2) is 4.56. The Balaban J connectivity index is 2.10. The largest absolute Gasteiger partial charge is 0.550 e. The topological polar surface area (TPSA) is 101 Å². The van der Waals surface area contributed by atoms with Crippen LogP contribution >= 0.6 is 0 Å². The van der Waals surface area contributed by atoms with E-state index in [2.05, 4.69) is 0 Å². The molecule has 0 saturated carbocycles. The smallest absolute Gasteiger partial charge is 0.223 e. The van der Waals surface area contributed by atoms with Gasteiger partial charge in [-0.05, 0) is 12.1 Å². The summed E-state index contributed by atoms with van der Waals surface area (Å²) in [5.74, 6) is -2.51. The molecular weight excluding hydrogens is 238 g/mol. The number of likely N-dealkylation sites (tertiary alicyclic amines) is 1. The quantitative estimate of drug-likeness (QED) is 0.731. The van der Waals surface area contributed by atoms with Gasteiger partial charge in [0.2, 0.25) is 5.91 Å². The predicted octanol–water partition coefficient (Wildman–Crippen LogP) is -0.804. The molecule has 1 fully saturated rings.